The number of hydrogen-bond donors (Lipinski definition) is 2. The number of aromatic nitrogens is 1. The highest BCUT2D eigenvalue weighted by Crippen LogP contribution is 2.18. The van der Waals surface area contributed by atoms with Gasteiger partial charge < -0.3 is 15.5 Å². The van der Waals surface area contributed by atoms with Gasteiger partial charge in [-0.05, 0) is 39.2 Å². The van der Waals surface area contributed by atoms with Gasteiger partial charge in [-0.2, -0.15) is 0 Å². The Morgan fingerprint density at radius 1 is 1.32 bits per heavy atom. The number of rotatable bonds is 7. The van der Waals surface area contributed by atoms with Gasteiger partial charge in [-0.15, -0.1) is 35.3 Å². The van der Waals surface area contributed by atoms with Crippen LogP contribution in [0.5, 0.6) is 0 Å². The Bertz CT molecular complexity index is 524. The molecule has 0 spiro atoms. The Morgan fingerprint density at radius 2 is 2.04 bits per heavy atom. The Morgan fingerprint density at radius 3 is 2.60 bits per heavy atom. The van der Waals surface area contributed by atoms with Crippen molar-refractivity contribution < 1.29 is 0 Å². The molecule has 2 N–H and O–H groups in total. The lowest BCUT2D eigenvalue weighted by Crippen LogP contribution is -2.49. The summed E-state index contributed by atoms with van der Waals surface area (Å²) in [6, 6.07) is 0.540. The van der Waals surface area contributed by atoms with Crippen molar-refractivity contribution >= 4 is 41.3 Å². The summed E-state index contributed by atoms with van der Waals surface area (Å²) in [7, 11) is 1.85. The zero-order valence-corrected chi connectivity index (χ0v) is 19.2. The number of aryl methyl sites for hydroxylation is 2. The van der Waals surface area contributed by atoms with E-state index in [1.165, 1.54) is 54.5 Å². The van der Waals surface area contributed by atoms with Crippen LogP contribution in [0.25, 0.3) is 0 Å². The number of nitrogens with zero attached hydrogens (tertiary/aromatic N) is 3. The lowest BCUT2D eigenvalue weighted by Gasteiger charge is -2.32. The first-order valence-electron chi connectivity index (χ1n) is 9.31. The van der Waals surface area contributed by atoms with Gasteiger partial charge >= 0.3 is 0 Å². The molecule has 1 fully saturated rings. The van der Waals surface area contributed by atoms with Crippen LogP contribution in [0, 0.1) is 6.92 Å². The number of thiazole rings is 1. The van der Waals surface area contributed by atoms with Gasteiger partial charge in [0.05, 0.1) is 10.7 Å². The van der Waals surface area contributed by atoms with Crippen molar-refractivity contribution in [2.45, 2.75) is 58.9 Å². The fourth-order valence-corrected chi connectivity index (χ4v) is 4.24. The van der Waals surface area contributed by atoms with Gasteiger partial charge in [0, 0.05) is 44.0 Å². The summed E-state index contributed by atoms with van der Waals surface area (Å²) in [6.45, 7) is 11.1. The molecule has 2 rings (SSSR count). The fraction of sp³-hybridized carbons (Fsp3) is 0.778. The summed E-state index contributed by atoms with van der Waals surface area (Å²) in [5.41, 5.74) is 1.25. The van der Waals surface area contributed by atoms with Crippen LogP contribution in [0.2, 0.25) is 0 Å². The van der Waals surface area contributed by atoms with Crippen LogP contribution in [0.15, 0.2) is 4.99 Å². The maximum atomic E-state index is 4.71. The Hall–Kier alpha value is -0.410. The Balaban J connectivity index is 0.00000312. The molecule has 144 valence electrons. The molecule has 0 bridgehead atoms. The van der Waals surface area contributed by atoms with E-state index >= 15 is 0 Å². The van der Waals surface area contributed by atoms with Crippen LogP contribution in [0.3, 0.4) is 0 Å². The quantitative estimate of drug-likeness (QED) is 0.358. The molecule has 5 nitrogen and oxygen atoms in total. The summed E-state index contributed by atoms with van der Waals surface area (Å²) in [6.07, 6.45) is 5.63. The van der Waals surface area contributed by atoms with Gasteiger partial charge in [-0.3, -0.25) is 4.99 Å². The average molecular weight is 479 g/mol. The van der Waals surface area contributed by atoms with E-state index in [2.05, 4.69) is 41.3 Å². The number of aliphatic imine (C=N–C) groups is 1. The van der Waals surface area contributed by atoms with E-state index in [1.54, 1.807) is 0 Å². The molecule has 1 aliphatic heterocycles. The van der Waals surface area contributed by atoms with Crippen molar-refractivity contribution in [3.05, 3.63) is 15.6 Å². The zero-order chi connectivity index (χ0) is 17.4. The molecule has 0 unspecified atom stereocenters. The van der Waals surface area contributed by atoms with Crippen LogP contribution < -0.4 is 10.6 Å². The number of likely N-dealkylation sites (tertiary alicyclic amines) is 1. The van der Waals surface area contributed by atoms with E-state index in [-0.39, 0.29) is 24.0 Å². The largest absolute Gasteiger partial charge is 0.356 e. The van der Waals surface area contributed by atoms with Crippen LogP contribution in [-0.4, -0.2) is 55.1 Å². The second-order valence-electron chi connectivity index (χ2n) is 6.47. The summed E-state index contributed by atoms with van der Waals surface area (Å²) in [4.78, 5) is 13.0. The van der Waals surface area contributed by atoms with E-state index in [4.69, 9.17) is 4.98 Å². The van der Waals surface area contributed by atoms with Crippen molar-refractivity contribution in [3.8, 4) is 0 Å². The normalized spacial score (nSPS) is 16.6. The van der Waals surface area contributed by atoms with Crippen molar-refractivity contribution in [3.63, 3.8) is 0 Å². The molecule has 7 heteroatoms. The second-order valence-corrected chi connectivity index (χ2v) is 7.76. The SMILES string of the molecule is CCCN1CCC(NC(=NC)NCCc2nc(CC)c(C)s2)CC1.I. The highest BCUT2D eigenvalue weighted by Gasteiger charge is 2.19. The number of halogens is 1. The van der Waals surface area contributed by atoms with Gasteiger partial charge in [0.2, 0.25) is 0 Å². The zero-order valence-electron chi connectivity index (χ0n) is 16.1. The topological polar surface area (TPSA) is 52.5 Å². The minimum Gasteiger partial charge on any atom is -0.356 e. The van der Waals surface area contributed by atoms with Gasteiger partial charge in [0.15, 0.2) is 5.96 Å². The predicted molar refractivity (Wildman–Crippen MR) is 120 cm³/mol. The second kappa shape index (κ2) is 12.1. The first-order chi connectivity index (χ1) is 11.7. The molecule has 1 aliphatic rings. The molecule has 1 aromatic rings. The summed E-state index contributed by atoms with van der Waals surface area (Å²) in [5, 5.41) is 8.24. The Kier molecular flexibility index (Phi) is 10.9. The summed E-state index contributed by atoms with van der Waals surface area (Å²) < 4.78 is 0. The van der Waals surface area contributed by atoms with Crippen molar-refractivity contribution in [2.24, 2.45) is 4.99 Å². The third-order valence-electron chi connectivity index (χ3n) is 4.60. The first kappa shape index (κ1) is 22.6. The van der Waals surface area contributed by atoms with Crippen molar-refractivity contribution in [2.75, 3.05) is 33.2 Å². The van der Waals surface area contributed by atoms with E-state index in [0.29, 0.717) is 6.04 Å². The Labute approximate surface area is 174 Å². The molecule has 25 heavy (non-hydrogen) atoms. The molecular formula is C18H34IN5S. The molecule has 1 aromatic heterocycles. The standard InChI is InChI=1S/C18H33N5S.HI/c1-5-11-23-12-8-15(9-13-23)21-18(19-4)20-10-7-17-22-16(6-2)14(3)24-17;/h15H,5-13H2,1-4H3,(H2,19,20,21);1H. The first-order valence-corrected chi connectivity index (χ1v) is 10.1. The van der Waals surface area contributed by atoms with E-state index in [1.807, 2.05) is 18.4 Å². The summed E-state index contributed by atoms with van der Waals surface area (Å²) in [5.74, 6) is 0.924. The van der Waals surface area contributed by atoms with E-state index in [0.717, 1.165) is 25.3 Å². The molecule has 0 aliphatic carbocycles. The molecule has 0 radical (unpaired) electrons. The number of nitrogens with one attached hydrogen (secondary N) is 2. The average Bonchev–Trinajstić information content (AvgIpc) is 2.95. The van der Waals surface area contributed by atoms with Crippen molar-refractivity contribution in [1.29, 1.82) is 0 Å². The minimum atomic E-state index is 0. The lowest BCUT2D eigenvalue weighted by atomic mass is 10.1. The lowest BCUT2D eigenvalue weighted by molar-refractivity contribution is 0.206. The molecular weight excluding hydrogens is 445 g/mol. The fourth-order valence-electron chi connectivity index (χ4n) is 3.22. The van der Waals surface area contributed by atoms with Gasteiger partial charge in [-0.25, -0.2) is 4.98 Å². The predicted octanol–water partition coefficient (Wildman–Crippen LogP) is 3.21. The van der Waals surface area contributed by atoms with Crippen LogP contribution in [-0.2, 0) is 12.8 Å². The van der Waals surface area contributed by atoms with Crippen LogP contribution in [0.1, 0.15) is 48.7 Å². The molecule has 0 amide bonds. The third-order valence-corrected chi connectivity index (χ3v) is 5.67. The number of piperidine rings is 1. The smallest absolute Gasteiger partial charge is 0.191 e. The third kappa shape index (κ3) is 7.38. The van der Waals surface area contributed by atoms with Crippen LogP contribution in [0.4, 0.5) is 0 Å². The monoisotopic (exact) mass is 479 g/mol. The van der Waals surface area contributed by atoms with Gasteiger partial charge in [0.25, 0.3) is 0 Å². The van der Waals surface area contributed by atoms with Gasteiger partial charge in [0.1, 0.15) is 0 Å². The number of hydrogen-bond acceptors (Lipinski definition) is 4. The molecule has 1 saturated heterocycles. The molecule has 2 heterocycles. The van der Waals surface area contributed by atoms with E-state index < -0.39 is 0 Å². The molecule has 0 aromatic carbocycles. The van der Waals surface area contributed by atoms with Crippen LogP contribution >= 0.6 is 35.3 Å². The van der Waals surface area contributed by atoms with E-state index in [9.17, 15) is 0 Å². The maximum absolute atomic E-state index is 4.71. The van der Waals surface area contributed by atoms with Gasteiger partial charge in [-0.1, -0.05) is 13.8 Å². The molecule has 0 saturated carbocycles. The summed E-state index contributed by atoms with van der Waals surface area (Å²) >= 11 is 1.82. The highest BCUT2D eigenvalue weighted by atomic mass is 127. The molecule has 0 atom stereocenters. The minimum absolute atomic E-state index is 0. The van der Waals surface area contributed by atoms with Crippen molar-refractivity contribution in [1.82, 2.24) is 20.5 Å². The highest BCUT2D eigenvalue weighted by molar-refractivity contribution is 14.0. The maximum Gasteiger partial charge on any atom is 0.191 e. The number of guanidine groups is 1.